The van der Waals surface area contributed by atoms with Crippen LogP contribution >= 0.6 is 0 Å². The molecule has 1 aliphatic rings. The van der Waals surface area contributed by atoms with Crippen LogP contribution in [0.25, 0.3) is 0 Å². The lowest BCUT2D eigenvalue weighted by molar-refractivity contribution is -0.143. The minimum Gasteiger partial charge on any atom is -0.481 e. The van der Waals surface area contributed by atoms with Crippen LogP contribution in [0.4, 0.5) is 0 Å². The van der Waals surface area contributed by atoms with Crippen molar-refractivity contribution in [2.75, 3.05) is 6.54 Å². The van der Waals surface area contributed by atoms with Gasteiger partial charge in [-0.2, -0.15) is 0 Å². The van der Waals surface area contributed by atoms with Gasteiger partial charge in [-0.05, 0) is 30.9 Å². The zero-order valence-corrected chi connectivity index (χ0v) is 9.44. The third-order valence-electron chi connectivity index (χ3n) is 3.15. The molecule has 0 saturated heterocycles. The zero-order valence-electron chi connectivity index (χ0n) is 9.44. The molecule has 2 rings (SSSR count). The summed E-state index contributed by atoms with van der Waals surface area (Å²) in [7, 11) is 0. The van der Waals surface area contributed by atoms with Crippen molar-refractivity contribution in [2.45, 2.75) is 25.7 Å². The van der Waals surface area contributed by atoms with Crippen molar-refractivity contribution in [2.24, 2.45) is 5.41 Å². The molecule has 1 heterocycles. The molecular weight excluding hydrogens is 222 g/mol. The molecule has 1 aliphatic carbocycles. The van der Waals surface area contributed by atoms with Gasteiger partial charge < -0.3 is 14.8 Å². The summed E-state index contributed by atoms with van der Waals surface area (Å²) < 4.78 is 4.89. The number of nitrogens with one attached hydrogen (secondary N) is 1. The van der Waals surface area contributed by atoms with E-state index in [2.05, 4.69) is 5.32 Å². The summed E-state index contributed by atoms with van der Waals surface area (Å²) in [5.74, 6) is -0.925. The normalized spacial score (nSPS) is 16.5. The van der Waals surface area contributed by atoms with Gasteiger partial charge >= 0.3 is 5.97 Å². The number of amides is 1. The molecule has 0 unspecified atom stereocenters. The molecule has 2 N–H and O–H groups in total. The summed E-state index contributed by atoms with van der Waals surface area (Å²) in [4.78, 5) is 22.4. The van der Waals surface area contributed by atoms with Gasteiger partial charge in [0.05, 0.1) is 17.9 Å². The molecule has 0 aliphatic heterocycles. The van der Waals surface area contributed by atoms with Crippen LogP contribution in [-0.2, 0) is 16.0 Å². The second kappa shape index (κ2) is 4.61. The maximum absolute atomic E-state index is 11.5. The Morgan fingerprint density at radius 3 is 2.76 bits per heavy atom. The van der Waals surface area contributed by atoms with Crippen molar-refractivity contribution in [1.82, 2.24) is 5.32 Å². The molecule has 1 fully saturated rings. The maximum atomic E-state index is 11.5. The molecule has 1 aromatic rings. The summed E-state index contributed by atoms with van der Waals surface area (Å²) in [5.41, 5.74) is 0.283. The number of carbonyl (C=O) groups excluding carboxylic acids is 1. The van der Waals surface area contributed by atoms with Crippen LogP contribution in [0, 0.1) is 5.41 Å². The van der Waals surface area contributed by atoms with E-state index in [1.54, 1.807) is 12.5 Å². The Kier molecular flexibility index (Phi) is 3.17. The lowest BCUT2D eigenvalue weighted by atomic mass is 10.1. The predicted molar refractivity (Wildman–Crippen MR) is 59.3 cm³/mol. The van der Waals surface area contributed by atoms with E-state index in [0.717, 1.165) is 5.56 Å². The Balaban J connectivity index is 1.70. The first kappa shape index (κ1) is 11.7. The van der Waals surface area contributed by atoms with Gasteiger partial charge in [0.25, 0.3) is 0 Å². The quantitative estimate of drug-likeness (QED) is 0.779. The van der Waals surface area contributed by atoms with Gasteiger partial charge in [-0.3, -0.25) is 9.59 Å². The van der Waals surface area contributed by atoms with Crippen molar-refractivity contribution in [1.29, 1.82) is 0 Å². The Labute approximate surface area is 98.8 Å². The van der Waals surface area contributed by atoms with Gasteiger partial charge in [0, 0.05) is 13.0 Å². The standard InChI is InChI=1S/C12H15NO4/c14-10(2-1-9-3-6-17-7-9)13-8-12(4-5-12)11(15)16/h3,6-7H,1-2,4-5,8H2,(H,13,14)(H,15,16). The molecule has 0 spiro atoms. The van der Waals surface area contributed by atoms with Gasteiger partial charge in [-0.25, -0.2) is 0 Å². The van der Waals surface area contributed by atoms with Crippen LogP contribution in [0.5, 0.6) is 0 Å². The number of hydrogen-bond donors (Lipinski definition) is 2. The Hall–Kier alpha value is -1.78. The van der Waals surface area contributed by atoms with Crippen LogP contribution in [0.15, 0.2) is 23.0 Å². The lowest BCUT2D eigenvalue weighted by Gasteiger charge is -2.10. The van der Waals surface area contributed by atoms with Crippen molar-refractivity contribution < 1.29 is 19.1 Å². The highest BCUT2D eigenvalue weighted by molar-refractivity contribution is 5.81. The van der Waals surface area contributed by atoms with E-state index in [1.807, 2.05) is 6.07 Å². The van der Waals surface area contributed by atoms with Crippen molar-refractivity contribution in [3.8, 4) is 0 Å². The smallest absolute Gasteiger partial charge is 0.311 e. The molecule has 0 atom stereocenters. The third-order valence-corrected chi connectivity index (χ3v) is 3.15. The molecule has 1 aromatic heterocycles. The summed E-state index contributed by atoms with van der Waals surface area (Å²) in [6, 6.07) is 1.81. The molecule has 0 bridgehead atoms. The molecule has 1 amide bonds. The summed E-state index contributed by atoms with van der Waals surface area (Å²) in [6.07, 6.45) is 5.45. The van der Waals surface area contributed by atoms with Crippen molar-refractivity contribution in [3.05, 3.63) is 24.2 Å². The number of furan rings is 1. The first-order valence-electron chi connectivity index (χ1n) is 5.64. The van der Waals surface area contributed by atoms with E-state index in [1.165, 1.54) is 0 Å². The molecule has 17 heavy (non-hydrogen) atoms. The number of carboxylic acid groups (broad SMARTS) is 1. The zero-order chi connectivity index (χ0) is 12.3. The van der Waals surface area contributed by atoms with Crippen LogP contribution in [0.3, 0.4) is 0 Å². The Morgan fingerprint density at radius 2 is 2.24 bits per heavy atom. The Morgan fingerprint density at radius 1 is 1.47 bits per heavy atom. The van der Waals surface area contributed by atoms with Gasteiger partial charge in [-0.15, -0.1) is 0 Å². The van der Waals surface area contributed by atoms with E-state index in [0.29, 0.717) is 25.7 Å². The molecule has 5 heteroatoms. The fourth-order valence-electron chi connectivity index (χ4n) is 1.67. The first-order chi connectivity index (χ1) is 8.12. The average Bonchev–Trinajstić information content (AvgIpc) is 2.93. The number of carboxylic acids is 1. The monoisotopic (exact) mass is 237 g/mol. The topological polar surface area (TPSA) is 79.5 Å². The molecule has 0 aromatic carbocycles. The van der Waals surface area contributed by atoms with E-state index >= 15 is 0 Å². The summed E-state index contributed by atoms with van der Waals surface area (Å²) >= 11 is 0. The molecule has 5 nitrogen and oxygen atoms in total. The van der Waals surface area contributed by atoms with E-state index in [4.69, 9.17) is 9.52 Å². The van der Waals surface area contributed by atoms with E-state index < -0.39 is 11.4 Å². The number of aliphatic carboxylic acids is 1. The highest BCUT2D eigenvalue weighted by Crippen LogP contribution is 2.45. The molecular formula is C12H15NO4. The number of aryl methyl sites for hydroxylation is 1. The van der Waals surface area contributed by atoms with E-state index in [-0.39, 0.29) is 12.5 Å². The van der Waals surface area contributed by atoms with Gasteiger partial charge in [0.15, 0.2) is 0 Å². The number of carbonyl (C=O) groups is 2. The lowest BCUT2D eigenvalue weighted by Crippen LogP contribution is -2.34. The summed E-state index contributed by atoms with van der Waals surface area (Å²) in [5, 5.41) is 11.6. The largest absolute Gasteiger partial charge is 0.481 e. The maximum Gasteiger partial charge on any atom is 0.311 e. The average molecular weight is 237 g/mol. The number of rotatable bonds is 6. The highest BCUT2D eigenvalue weighted by Gasteiger charge is 2.50. The van der Waals surface area contributed by atoms with E-state index in [9.17, 15) is 9.59 Å². The fraction of sp³-hybridized carbons (Fsp3) is 0.500. The molecule has 92 valence electrons. The minimum atomic E-state index is -0.812. The van der Waals surface area contributed by atoms with Gasteiger partial charge in [0.2, 0.25) is 5.91 Å². The SMILES string of the molecule is O=C(CCc1ccoc1)NCC1(C(=O)O)CC1. The van der Waals surface area contributed by atoms with Gasteiger partial charge in [0.1, 0.15) is 0 Å². The van der Waals surface area contributed by atoms with Crippen LogP contribution in [0.1, 0.15) is 24.8 Å². The Bertz CT molecular complexity index is 406. The summed E-state index contributed by atoms with van der Waals surface area (Å²) in [6.45, 7) is 0.243. The fourth-order valence-corrected chi connectivity index (χ4v) is 1.67. The van der Waals surface area contributed by atoms with Crippen molar-refractivity contribution in [3.63, 3.8) is 0 Å². The second-order valence-electron chi connectivity index (χ2n) is 4.49. The molecule has 0 radical (unpaired) electrons. The predicted octanol–water partition coefficient (Wildman–Crippen LogP) is 1.19. The molecule has 1 saturated carbocycles. The number of hydrogen-bond acceptors (Lipinski definition) is 3. The third kappa shape index (κ3) is 2.87. The highest BCUT2D eigenvalue weighted by atomic mass is 16.4. The van der Waals surface area contributed by atoms with Crippen molar-refractivity contribution >= 4 is 11.9 Å². The minimum absolute atomic E-state index is 0.112. The second-order valence-corrected chi connectivity index (χ2v) is 4.49. The van der Waals surface area contributed by atoms with Gasteiger partial charge in [-0.1, -0.05) is 0 Å². The van der Waals surface area contributed by atoms with Crippen LogP contribution < -0.4 is 5.32 Å². The van der Waals surface area contributed by atoms with Crippen LogP contribution in [-0.4, -0.2) is 23.5 Å². The first-order valence-corrected chi connectivity index (χ1v) is 5.64. The van der Waals surface area contributed by atoms with Crippen LogP contribution in [0.2, 0.25) is 0 Å².